The Labute approximate surface area is 158 Å². The summed E-state index contributed by atoms with van der Waals surface area (Å²) in [7, 11) is -3.81. The van der Waals surface area contributed by atoms with Gasteiger partial charge in [-0.2, -0.15) is 11.3 Å². The molecular weight excluding hydrogens is 372 g/mol. The summed E-state index contributed by atoms with van der Waals surface area (Å²) < 4.78 is 28.0. The number of carboxylic acid groups (broad SMARTS) is 1. The van der Waals surface area contributed by atoms with Crippen LogP contribution in [0.5, 0.6) is 0 Å². The molecule has 1 aromatic carbocycles. The Morgan fingerprint density at radius 1 is 1.27 bits per heavy atom. The fourth-order valence-electron chi connectivity index (χ4n) is 2.86. The molecule has 0 amide bonds. The molecule has 6 nitrogen and oxygen atoms in total. The Bertz CT molecular complexity index is 844. The second kappa shape index (κ2) is 8.77. The highest BCUT2D eigenvalue weighted by atomic mass is 32.2. The van der Waals surface area contributed by atoms with Crippen LogP contribution in [0.15, 0.2) is 39.9 Å². The number of hydrogen-bond acceptors (Lipinski definition) is 5. The molecule has 0 saturated carbocycles. The van der Waals surface area contributed by atoms with E-state index in [0.717, 1.165) is 18.7 Å². The minimum Gasteiger partial charge on any atom is -0.478 e. The van der Waals surface area contributed by atoms with Gasteiger partial charge in [0.05, 0.1) is 10.5 Å². The Balaban J connectivity index is 2.25. The summed E-state index contributed by atoms with van der Waals surface area (Å²) in [6.07, 6.45) is 0. The van der Waals surface area contributed by atoms with E-state index in [4.69, 9.17) is 0 Å². The van der Waals surface area contributed by atoms with E-state index in [1.165, 1.54) is 18.2 Å². The van der Waals surface area contributed by atoms with E-state index in [1.54, 1.807) is 18.3 Å². The summed E-state index contributed by atoms with van der Waals surface area (Å²) in [5.41, 5.74) is 1.58. The number of benzene rings is 1. The fraction of sp³-hybridized carbons (Fsp3) is 0.389. The van der Waals surface area contributed by atoms with Crippen molar-refractivity contribution in [1.82, 2.24) is 9.62 Å². The Hall–Kier alpha value is -1.74. The van der Waals surface area contributed by atoms with Crippen molar-refractivity contribution in [3.63, 3.8) is 0 Å². The largest absolute Gasteiger partial charge is 0.478 e. The smallest absolute Gasteiger partial charge is 0.335 e. The molecule has 26 heavy (non-hydrogen) atoms. The third-order valence-corrected chi connectivity index (χ3v) is 6.52. The highest BCUT2D eigenvalue weighted by Crippen LogP contribution is 2.23. The zero-order valence-corrected chi connectivity index (χ0v) is 16.7. The van der Waals surface area contributed by atoms with Crippen molar-refractivity contribution in [1.29, 1.82) is 0 Å². The van der Waals surface area contributed by atoms with E-state index in [0.29, 0.717) is 5.56 Å². The number of rotatable bonds is 9. The standard InChI is InChI=1S/C18H24N2O4S2/c1-4-20(5-2)17(14-8-9-25-12-14)11-19-26(23,24)15-7-6-13(3)16(10-15)18(21)22/h6-10,12,17,19H,4-5,11H2,1-3H3,(H,21,22). The first-order chi connectivity index (χ1) is 12.3. The summed E-state index contributed by atoms with van der Waals surface area (Å²) in [4.78, 5) is 13.4. The van der Waals surface area contributed by atoms with Gasteiger partial charge < -0.3 is 5.11 Å². The first-order valence-electron chi connectivity index (χ1n) is 8.39. The van der Waals surface area contributed by atoms with Crippen LogP contribution < -0.4 is 4.72 Å². The van der Waals surface area contributed by atoms with Gasteiger partial charge in [0.2, 0.25) is 10.0 Å². The van der Waals surface area contributed by atoms with Gasteiger partial charge >= 0.3 is 5.97 Å². The van der Waals surface area contributed by atoms with Crippen molar-refractivity contribution >= 4 is 27.3 Å². The summed E-state index contributed by atoms with van der Waals surface area (Å²) in [6.45, 7) is 7.53. The van der Waals surface area contributed by atoms with E-state index < -0.39 is 16.0 Å². The molecular formula is C18H24N2O4S2. The van der Waals surface area contributed by atoms with Gasteiger partial charge in [0.15, 0.2) is 0 Å². The molecule has 0 radical (unpaired) electrons. The predicted molar refractivity (Wildman–Crippen MR) is 103 cm³/mol. The molecule has 8 heteroatoms. The van der Waals surface area contributed by atoms with E-state index in [-0.39, 0.29) is 23.0 Å². The molecule has 0 aliphatic rings. The zero-order valence-electron chi connectivity index (χ0n) is 15.1. The number of sulfonamides is 1. The average Bonchev–Trinajstić information content (AvgIpc) is 3.12. The van der Waals surface area contributed by atoms with Gasteiger partial charge in [-0.25, -0.2) is 17.9 Å². The molecule has 0 bridgehead atoms. The molecule has 0 fully saturated rings. The van der Waals surface area contributed by atoms with E-state index in [2.05, 4.69) is 9.62 Å². The van der Waals surface area contributed by atoms with Crippen LogP contribution in [-0.2, 0) is 10.0 Å². The Kier molecular flexibility index (Phi) is 6.94. The summed E-state index contributed by atoms with van der Waals surface area (Å²) in [6, 6.07) is 6.07. The quantitative estimate of drug-likeness (QED) is 0.680. The van der Waals surface area contributed by atoms with Crippen LogP contribution >= 0.6 is 11.3 Å². The Morgan fingerprint density at radius 3 is 2.50 bits per heavy atom. The summed E-state index contributed by atoms with van der Waals surface area (Å²) >= 11 is 1.57. The first-order valence-corrected chi connectivity index (χ1v) is 10.8. The van der Waals surface area contributed by atoms with Crippen molar-refractivity contribution in [2.24, 2.45) is 0 Å². The summed E-state index contributed by atoms with van der Waals surface area (Å²) in [5.74, 6) is -1.14. The summed E-state index contributed by atoms with van der Waals surface area (Å²) in [5, 5.41) is 13.2. The van der Waals surface area contributed by atoms with E-state index >= 15 is 0 Å². The molecule has 0 spiro atoms. The number of aryl methyl sites for hydroxylation is 1. The highest BCUT2D eigenvalue weighted by molar-refractivity contribution is 7.89. The van der Waals surface area contributed by atoms with Crippen LogP contribution in [0.3, 0.4) is 0 Å². The van der Waals surface area contributed by atoms with Crippen LogP contribution in [-0.4, -0.2) is 44.0 Å². The minimum absolute atomic E-state index is 0.00833. The molecule has 1 heterocycles. The number of aromatic carboxylic acids is 1. The lowest BCUT2D eigenvalue weighted by molar-refractivity contribution is 0.0696. The maximum absolute atomic E-state index is 12.7. The van der Waals surface area contributed by atoms with Gasteiger partial charge in [-0.05, 0) is 60.1 Å². The number of likely N-dealkylation sites (N-methyl/N-ethyl adjacent to an activating group) is 1. The monoisotopic (exact) mass is 396 g/mol. The number of thiophene rings is 1. The molecule has 1 unspecified atom stereocenters. The molecule has 2 aromatic rings. The lowest BCUT2D eigenvalue weighted by atomic mass is 10.1. The van der Waals surface area contributed by atoms with Crippen LogP contribution in [0.1, 0.15) is 41.4 Å². The fourth-order valence-corrected chi connectivity index (χ4v) is 4.63. The topological polar surface area (TPSA) is 86.7 Å². The van der Waals surface area contributed by atoms with Gasteiger partial charge in [-0.3, -0.25) is 4.90 Å². The third kappa shape index (κ3) is 4.70. The van der Waals surface area contributed by atoms with Crippen LogP contribution in [0.25, 0.3) is 0 Å². The number of hydrogen-bond donors (Lipinski definition) is 2. The number of carbonyl (C=O) groups is 1. The van der Waals surface area contributed by atoms with Crippen molar-refractivity contribution in [3.05, 3.63) is 51.7 Å². The molecule has 1 aromatic heterocycles. The maximum Gasteiger partial charge on any atom is 0.335 e. The van der Waals surface area contributed by atoms with Gasteiger partial charge in [0, 0.05) is 12.6 Å². The van der Waals surface area contributed by atoms with Crippen molar-refractivity contribution < 1.29 is 18.3 Å². The molecule has 142 valence electrons. The molecule has 0 saturated heterocycles. The number of nitrogens with zero attached hydrogens (tertiary/aromatic N) is 1. The van der Waals surface area contributed by atoms with E-state index in [1.807, 2.05) is 30.7 Å². The third-order valence-electron chi connectivity index (χ3n) is 4.40. The molecule has 2 N–H and O–H groups in total. The first kappa shape index (κ1) is 20.6. The maximum atomic E-state index is 12.7. The zero-order chi connectivity index (χ0) is 19.3. The van der Waals surface area contributed by atoms with Crippen molar-refractivity contribution in [3.8, 4) is 0 Å². The molecule has 2 rings (SSSR count). The van der Waals surface area contributed by atoms with Crippen LogP contribution in [0, 0.1) is 6.92 Å². The number of carboxylic acids is 1. The minimum atomic E-state index is -3.81. The van der Waals surface area contributed by atoms with Gasteiger partial charge in [0.25, 0.3) is 0 Å². The van der Waals surface area contributed by atoms with Crippen molar-refractivity contribution in [2.45, 2.75) is 31.7 Å². The lowest BCUT2D eigenvalue weighted by Gasteiger charge is -2.29. The van der Waals surface area contributed by atoms with Crippen LogP contribution in [0.4, 0.5) is 0 Å². The highest BCUT2D eigenvalue weighted by Gasteiger charge is 2.23. The molecule has 0 aliphatic heterocycles. The van der Waals surface area contributed by atoms with Crippen molar-refractivity contribution in [2.75, 3.05) is 19.6 Å². The van der Waals surface area contributed by atoms with Gasteiger partial charge in [0.1, 0.15) is 0 Å². The SMILES string of the molecule is CCN(CC)C(CNS(=O)(=O)c1ccc(C)c(C(=O)O)c1)c1ccsc1. The van der Waals surface area contributed by atoms with Gasteiger partial charge in [-0.15, -0.1) is 0 Å². The second-order valence-electron chi connectivity index (χ2n) is 5.93. The normalized spacial score (nSPS) is 13.1. The average molecular weight is 397 g/mol. The second-order valence-corrected chi connectivity index (χ2v) is 8.47. The lowest BCUT2D eigenvalue weighted by Crippen LogP contribution is -2.37. The van der Waals surface area contributed by atoms with Crippen LogP contribution in [0.2, 0.25) is 0 Å². The molecule has 0 aliphatic carbocycles. The number of nitrogens with one attached hydrogen (secondary N) is 1. The van der Waals surface area contributed by atoms with E-state index in [9.17, 15) is 18.3 Å². The van der Waals surface area contributed by atoms with Gasteiger partial charge in [-0.1, -0.05) is 19.9 Å². The molecule has 1 atom stereocenters. The Morgan fingerprint density at radius 2 is 1.96 bits per heavy atom. The predicted octanol–water partition coefficient (Wildman–Crippen LogP) is 3.12.